The number of hydrogen-bond donors (Lipinski definition) is 2. The summed E-state index contributed by atoms with van der Waals surface area (Å²) in [5.74, 6) is 1.92. The first-order valence-corrected chi connectivity index (χ1v) is 10.5. The van der Waals surface area contributed by atoms with E-state index in [2.05, 4.69) is 34.9 Å². The van der Waals surface area contributed by atoms with Crippen molar-refractivity contribution < 1.29 is 9.59 Å². The van der Waals surface area contributed by atoms with Crippen LogP contribution in [0.2, 0.25) is 0 Å². The molecule has 5 heteroatoms. The summed E-state index contributed by atoms with van der Waals surface area (Å²) in [6.07, 6.45) is 6.29. The molecular formula is C22H29N3O2. The van der Waals surface area contributed by atoms with Crippen molar-refractivity contribution in [3.05, 3.63) is 35.4 Å². The van der Waals surface area contributed by atoms with Gasteiger partial charge in [-0.05, 0) is 67.4 Å². The third kappa shape index (κ3) is 2.82. The third-order valence-corrected chi connectivity index (χ3v) is 7.65. The highest BCUT2D eigenvalue weighted by Gasteiger charge is 2.57. The van der Waals surface area contributed by atoms with Crippen LogP contribution in [0.25, 0.3) is 0 Å². The molecule has 1 aromatic rings. The molecule has 6 rings (SSSR count). The second-order valence-corrected chi connectivity index (χ2v) is 9.13. The fourth-order valence-electron chi connectivity index (χ4n) is 6.42. The van der Waals surface area contributed by atoms with Crippen LogP contribution in [0.3, 0.4) is 0 Å². The number of rotatable bonds is 2. The molecule has 2 N–H and O–H groups in total. The quantitative estimate of drug-likeness (QED) is 0.844. The number of piperidine rings is 1. The number of carbonyl (C=O) groups is 2. The maximum absolute atomic E-state index is 12.8. The van der Waals surface area contributed by atoms with Crippen LogP contribution in [0, 0.1) is 5.92 Å². The maximum Gasteiger partial charge on any atom is 0.315 e. The Morgan fingerprint density at radius 1 is 1.04 bits per heavy atom. The van der Waals surface area contributed by atoms with E-state index in [1.54, 1.807) is 6.92 Å². The zero-order valence-electron chi connectivity index (χ0n) is 16.0. The first-order valence-electron chi connectivity index (χ1n) is 10.5. The van der Waals surface area contributed by atoms with Crippen molar-refractivity contribution in [1.82, 2.24) is 15.5 Å². The molecule has 1 heterocycles. The van der Waals surface area contributed by atoms with Crippen LogP contribution in [0.1, 0.15) is 68.4 Å². The van der Waals surface area contributed by atoms with E-state index in [0.717, 1.165) is 38.8 Å². The lowest BCUT2D eigenvalue weighted by Crippen LogP contribution is -2.55. The summed E-state index contributed by atoms with van der Waals surface area (Å²) < 4.78 is 0. The van der Waals surface area contributed by atoms with E-state index in [-0.39, 0.29) is 23.5 Å². The smallest absolute Gasteiger partial charge is 0.315 e. The summed E-state index contributed by atoms with van der Waals surface area (Å²) in [5, 5.41) is 6.64. The van der Waals surface area contributed by atoms with Crippen LogP contribution in [0.15, 0.2) is 24.3 Å². The molecule has 0 aromatic heterocycles. The van der Waals surface area contributed by atoms with Gasteiger partial charge in [0.05, 0.1) is 0 Å². The topological polar surface area (TPSA) is 61.4 Å². The molecule has 1 aliphatic heterocycles. The van der Waals surface area contributed by atoms with Crippen molar-refractivity contribution in [2.75, 3.05) is 13.1 Å². The van der Waals surface area contributed by atoms with Gasteiger partial charge >= 0.3 is 6.03 Å². The van der Waals surface area contributed by atoms with Crippen molar-refractivity contribution in [2.24, 2.45) is 5.92 Å². The lowest BCUT2D eigenvalue weighted by Gasteiger charge is -2.34. The zero-order valence-corrected chi connectivity index (χ0v) is 16.0. The van der Waals surface area contributed by atoms with E-state index in [4.69, 9.17) is 0 Å². The van der Waals surface area contributed by atoms with Gasteiger partial charge < -0.3 is 15.5 Å². The predicted molar refractivity (Wildman–Crippen MR) is 104 cm³/mol. The molecule has 4 aliphatic carbocycles. The molecule has 3 fully saturated rings. The van der Waals surface area contributed by atoms with Crippen LogP contribution in [-0.2, 0) is 4.79 Å². The predicted octanol–water partition coefficient (Wildman–Crippen LogP) is 3.12. The Kier molecular flexibility index (Phi) is 3.95. The molecule has 2 saturated carbocycles. The van der Waals surface area contributed by atoms with Crippen molar-refractivity contribution in [2.45, 2.75) is 68.9 Å². The molecule has 0 spiro atoms. The Morgan fingerprint density at radius 3 is 2.19 bits per heavy atom. The van der Waals surface area contributed by atoms with Gasteiger partial charge in [-0.15, -0.1) is 0 Å². The average Bonchev–Trinajstić information content (AvgIpc) is 3.05. The highest BCUT2D eigenvalue weighted by atomic mass is 16.2. The summed E-state index contributed by atoms with van der Waals surface area (Å²) in [5.41, 5.74) is 3.03. The molecule has 144 valence electrons. The number of nitrogens with one attached hydrogen (secondary N) is 2. The molecule has 4 bridgehead atoms. The van der Waals surface area contributed by atoms with Crippen LogP contribution in [0.4, 0.5) is 4.79 Å². The van der Waals surface area contributed by atoms with E-state index >= 15 is 0 Å². The number of hydrogen-bond acceptors (Lipinski definition) is 2. The van der Waals surface area contributed by atoms with Gasteiger partial charge in [-0.2, -0.15) is 0 Å². The fraction of sp³-hybridized carbons (Fsp3) is 0.636. The highest BCUT2D eigenvalue weighted by Crippen LogP contribution is 2.61. The summed E-state index contributed by atoms with van der Waals surface area (Å²) in [6, 6.07) is 9.10. The van der Waals surface area contributed by atoms with Crippen LogP contribution < -0.4 is 10.6 Å². The Hall–Kier alpha value is -2.04. The van der Waals surface area contributed by atoms with Gasteiger partial charge in [-0.25, -0.2) is 4.79 Å². The lowest BCUT2D eigenvalue weighted by atomic mass is 9.90. The van der Waals surface area contributed by atoms with Gasteiger partial charge in [-0.3, -0.25) is 4.79 Å². The summed E-state index contributed by atoms with van der Waals surface area (Å²) in [4.78, 5) is 26.2. The lowest BCUT2D eigenvalue weighted by molar-refractivity contribution is -0.129. The highest BCUT2D eigenvalue weighted by molar-refractivity contribution is 5.76. The minimum absolute atomic E-state index is 0.00599. The maximum atomic E-state index is 12.8. The first kappa shape index (κ1) is 17.1. The number of urea groups is 1. The van der Waals surface area contributed by atoms with Gasteiger partial charge in [0.1, 0.15) is 0 Å². The van der Waals surface area contributed by atoms with Crippen molar-refractivity contribution in [1.29, 1.82) is 0 Å². The largest absolute Gasteiger partial charge is 0.343 e. The number of amides is 3. The molecule has 5 nitrogen and oxygen atoms in total. The molecule has 1 aromatic carbocycles. The fourth-order valence-corrected chi connectivity index (χ4v) is 6.42. The minimum Gasteiger partial charge on any atom is -0.343 e. The molecular weight excluding hydrogens is 338 g/mol. The molecule has 27 heavy (non-hydrogen) atoms. The van der Waals surface area contributed by atoms with E-state index < -0.39 is 0 Å². The molecule has 0 radical (unpaired) electrons. The van der Waals surface area contributed by atoms with Crippen LogP contribution >= 0.6 is 0 Å². The van der Waals surface area contributed by atoms with Gasteiger partial charge in [0.2, 0.25) is 5.91 Å². The molecule has 1 saturated heterocycles. The second-order valence-electron chi connectivity index (χ2n) is 9.13. The first-order chi connectivity index (χ1) is 13.0. The number of benzene rings is 1. The van der Waals surface area contributed by atoms with Crippen LogP contribution in [-0.4, -0.2) is 41.5 Å². The van der Waals surface area contributed by atoms with Gasteiger partial charge in [0, 0.05) is 31.6 Å². The molecule has 3 amide bonds. The number of likely N-dealkylation sites (tertiary alicyclic amines) is 1. The Labute approximate surface area is 160 Å². The number of carbonyl (C=O) groups excluding carboxylic acids is 2. The molecule has 5 aliphatic rings. The zero-order chi connectivity index (χ0) is 18.6. The van der Waals surface area contributed by atoms with E-state index in [9.17, 15) is 9.59 Å². The van der Waals surface area contributed by atoms with E-state index in [1.165, 1.54) is 24.0 Å². The Balaban J connectivity index is 1.25. The monoisotopic (exact) mass is 367 g/mol. The SMILES string of the molecule is CC(=O)N1CCC(NC(=O)NC23CC4CC2CC(C3)c2ccccc24)CC1. The third-order valence-electron chi connectivity index (χ3n) is 7.65. The van der Waals surface area contributed by atoms with Gasteiger partial charge in [-0.1, -0.05) is 24.3 Å². The summed E-state index contributed by atoms with van der Waals surface area (Å²) in [6.45, 7) is 3.10. The number of nitrogens with zero attached hydrogens (tertiary/aromatic N) is 1. The van der Waals surface area contributed by atoms with Gasteiger partial charge in [0.25, 0.3) is 0 Å². The van der Waals surface area contributed by atoms with Gasteiger partial charge in [0.15, 0.2) is 0 Å². The second kappa shape index (κ2) is 6.25. The summed E-state index contributed by atoms with van der Waals surface area (Å²) in [7, 11) is 0. The van der Waals surface area contributed by atoms with Crippen molar-refractivity contribution in [3.8, 4) is 0 Å². The summed E-state index contributed by atoms with van der Waals surface area (Å²) >= 11 is 0. The molecule has 2 atom stereocenters. The van der Waals surface area contributed by atoms with Crippen LogP contribution in [0.5, 0.6) is 0 Å². The molecule has 2 unspecified atom stereocenters. The average molecular weight is 367 g/mol. The normalized spacial score (nSPS) is 34.3. The van der Waals surface area contributed by atoms with E-state index in [0.29, 0.717) is 17.8 Å². The minimum atomic E-state index is -0.0292. The van der Waals surface area contributed by atoms with Crippen molar-refractivity contribution >= 4 is 11.9 Å². The Bertz CT molecular complexity index is 734. The van der Waals surface area contributed by atoms with Crippen molar-refractivity contribution in [3.63, 3.8) is 0 Å². The Morgan fingerprint density at radius 2 is 1.63 bits per heavy atom. The standard InChI is InChI=1S/C22H29N3O2/c1-14(26)25-8-6-18(7-9-25)23-21(27)24-22-12-15-10-17(22)11-16(13-22)20-5-3-2-4-19(15)20/h2-5,15-18H,6-13H2,1H3,(H2,23,24,27). The van der Waals surface area contributed by atoms with E-state index in [1.807, 2.05) is 4.90 Å².